The van der Waals surface area contributed by atoms with Crippen molar-refractivity contribution in [2.24, 2.45) is 10.4 Å². The summed E-state index contributed by atoms with van der Waals surface area (Å²) in [7, 11) is 0. The van der Waals surface area contributed by atoms with Gasteiger partial charge < -0.3 is 9.64 Å². The molecule has 5 heteroatoms. The maximum Gasteiger partial charge on any atom is 0.174 e. The summed E-state index contributed by atoms with van der Waals surface area (Å²) in [5, 5.41) is 9.59. The molecule has 0 bridgehead atoms. The molecule has 1 heterocycles. The number of halogens is 1. The summed E-state index contributed by atoms with van der Waals surface area (Å²) in [6.45, 7) is 4.53. The maximum absolute atomic E-state index is 9.59. The van der Waals surface area contributed by atoms with Crippen molar-refractivity contribution in [3.63, 3.8) is 0 Å². The molecule has 1 saturated heterocycles. The number of piperidine rings is 1. The number of benzene rings is 1. The van der Waals surface area contributed by atoms with Crippen LogP contribution in [0.4, 0.5) is 11.4 Å². The van der Waals surface area contributed by atoms with Gasteiger partial charge in [-0.3, -0.25) is 0 Å². The number of hydrogen-bond donors (Lipinski definition) is 0. The highest BCUT2D eigenvalue weighted by atomic mass is 79.9. The maximum atomic E-state index is 9.59. The Morgan fingerprint density at radius 1 is 1.36 bits per heavy atom. The summed E-state index contributed by atoms with van der Waals surface area (Å²) in [5.74, 6) is 0. The van der Waals surface area contributed by atoms with Crippen LogP contribution in [0.15, 0.2) is 21.6 Å². The molecule has 4 nitrogen and oxygen atoms in total. The molecule has 2 fully saturated rings. The van der Waals surface area contributed by atoms with Crippen LogP contribution in [-0.4, -0.2) is 26.1 Å². The van der Waals surface area contributed by atoms with Crippen LogP contribution >= 0.6 is 15.9 Å². The van der Waals surface area contributed by atoms with Gasteiger partial charge in [0.1, 0.15) is 11.6 Å². The third-order valence-corrected chi connectivity index (χ3v) is 5.19. The van der Waals surface area contributed by atoms with Gasteiger partial charge in [0.05, 0.1) is 18.0 Å². The van der Waals surface area contributed by atoms with Gasteiger partial charge in [0, 0.05) is 17.6 Å². The Hall–Kier alpha value is -1.54. The molecular formula is C17H20BrN3O. The zero-order valence-corrected chi connectivity index (χ0v) is 14.4. The van der Waals surface area contributed by atoms with Crippen molar-refractivity contribution < 1.29 is 4.74 Å². The second-order valence-electron chi connectivity index (χ2n) is 6.11. The largest absolute Gasteiger partial charge is 0.483 e. The van der Waals surface area contributed by atoms with E-state index in [0.29, 0.717) is 23.3 Å². The lowest BCUT2D eigenvalue weighted by Crippen LogP contribution is -2.34. The summed E-state index contributed by atoms with van der Waals surface area (Å²) in [4.78, 5) is 6.62. The van der Waals surface area contributed by atoms with Crippen LogP contribution in [0.1, 0.15) is 38.2 Å². The van der Waals surface area contributed by atoms with E-state index in [4.69, 9.17) is 4.74 Å². The van der Waals surface area contributed by atoms with Crippen molar-refractivity contribution in [3.8, 4) is 6.07 Å². The van der Waals surface area contributed by atoms with Gasteiger partial charge in [0.15, 0.2) is 6.40 Å². The number of aliphatic imine (C=N–C) groups is 1. The Balaban J connectivity index is 1.88. The molecule has 3 rings (SSSR count). The van der Waals surface area contributed by atoms with Crippen molar-refractivity contribution in [1.29, 1.82) is 5.26 Å². The van der Waals surface area contributed by atoms with Gasteiger partial charge >= 0.3 is 0 Å². The fourth-order valence-electron chi connectivity index (χ4n) is 3.11. The average molecular weight is 362 g/mol. The fourth-order valence-corrected chi connectivity index (χ4v) is 3.55. The van der Waals surface area contributed by atoms with Crippen molar-refractivity contribution in [2.45, 2.75) is 32.6 Å². The van der Waals surface area contributed by atoms with Crippen LogP contribution < -0.4 is 4.90 Å². The van der Waals surface area contributed by atoms with E-state index in [9.17, 15) is 5.26 Å². The Morgan fingerprint density at radius 2 is 2.09 bits per heavy atom. The van der Waals surface area contributed by atoms with Gasteiger partial charge in [-0.25, -0.2) is 4.99 Å². The standard InChI is InChI=1S/C17H20BrN3O/c1-2-22-12-20-15-9-13(18)10-16(14(15)11-19)21-7-5-17(3-4-17)6-8-21/h9-10,12H,2-8H2,1H3/b20-12+. The minimum Gasteiger partial charge on any atom is -0.483 e. The Kier molecular flexibility index (Phi) is 4.39. The van der Waals surface area contributed by atoms with E-state index in [-0.39, 0.29) is 0 Å². The monoisotopic (exact) mass is 361 g/mol. The highest BCUT2D eigenvalue weighted by Gasteiger charge is 2.44. The molecule has 0 atom stereocenters. The molecule has 0 amide bonds. The van der Waals surface area contributed by atoms with Crippen LogP contribution in [0.3, 0.4) is 0 Å². The first kappa shape index (κ1) is 15.4. The minimum atomic E-state index is 0.570. The molecule has 1 aliphatic carbocycles. The normalized spacial score (nSPS) is 19.4. The number of ether oxygens (including phenoxy) is 1. The number of anilines is 1. The van der Waals surface area contributed by atoms with Crippen molar-refractivity contribution in [2.75, 3.05) is 24.6 Å². The average Bonchev–Trinajstić information content (AvgIpc) is 3.27. The Labute approximate surface area is 139 Å². The number of hydrogen-bond acceptors (Lipinski definition) is 4. The zero-order valence-electron chi connectivity index (χ0n) is 12.8. The second kappa shape index (κ2) is 6.29. The Bertz CT molecular complexity index is 622. The van der Waals surface area contributed by atoms with Crippen LogP contribution in [0.2, 0.25) is 0 Å². The minimum absolute atomic E-state index is 0.570. The van der Waals surface area contributed by atoms with Crippen LogP contribution in [-0.2, 0) is 4.74 Å². The summed E-state index contributed by atoms with van der Waals surface area (Å²) in [6, 6.07) is 6.22. The van der Waals surface area contributed by atoms with E-state index < -0.39 is 0 Å². The van der Waals surface area contributed by atoms with Gasteiger partial charge in [-0.15, -0.1) is 0 Å². The molecule has 0 radical (unpaired) electrons. The lowest BCUT2D eigenvalue weighted by atomic mass is 9.93. The molecule has 2 aliphatic rings. The summed E-state index contributed by atoms with van der Waals surface area (Å²) in [5.41, 5.74) is 2.90. The summed E-state index contributed by atoms with van der Waals surface area (Å²) >= 11 is 3.54. The fraction of sp³-hybridized carbons (Fsp3) is 0.529. The first-order valence-electron chi connectivity index (χ1n) is 7.80. The highest BCUT2D eigenvalue weighted by Crippen LogP contribution is 2.54. The van der Waals surface area contributed by atoms with Crippen molar-refractivity contribution in [3.05, 3.63) is 22.2 Å². The highest BCUT2D eigenvalue weighted by molar-refractivity contribution is 9.10. The molecule has 1 aromatic rings. The molecule has 0 aromatic heterocycles. The van der Waals surface area contributed by atoms with Crippen LogP contribution in [0.5, 0.6) is 0 Å². The van der Waals surface area contributed by atoms with Crippen LogP contribution in [0.25, 0.3) is 0 Å². The third kappa shape index (κ3) is 3.12. The zero-order chi connectivity index (χ0) is 15.6. The van der Waals surface area contributed by atoms with E-state index >= 15 is 0 Å². The predicted molar refractivity (Wildman–Crippen MR) is 91.7 cm³/mol. The predicted octanol–water partition coefficient (Wildman–Crippen LogP) is 4.40. The van der Waals surface area contributed by atoms with Gasteiger partial charge in [-0.05, 0) is 50.2 Å². The summed E-state index contributed by atoms with van der Waals surface area (Å²) < 4.78 is 6.11. The van der Waals surface area contributed by atoms with Crippen molar-refractivity contribution >= 4 is 33.7 Å². The number of nitriles is 1. The quantitative estimate of drug-likeness (QED) is 0.589. The lowest BCUT2D eigenvalue weighted by Gasteiger charge is -2.34. The molecule has 116 valence electrons. The molecule has 1 aromatic carbocycles. The van der Waals surface area contributed by atoms with E-state index in [1.165, 1.54) is 32.1 Å². The third-order valence-electron chi connectivity index (χ3n) is 4.73. The van der Waals surface area contributed by atoms with Crippen LogP contribution in [0, 0.1) is 16.7 Å². The molecule has 22 heavy (non-hydrogen) atoms. The Morgan fingerprint density at radius 3 is 2.68 bits per heavy atom. The first-order chi connectivity index (χ1) is 10.7. The number of nitrogens with zero attached hydrogens (tertiary/aromatic N) is 3. The van der Waals surface area contributed by atoms with E-state index in [1.54, 1.807) is 0 Å². The summed E-state index contributed by atoms with van der Waals surface area (Å²) in [6.07, 6.45) is 6.66. The molecule has 1 saturated carbocycles. The van der Waals surface area contributed by atoms with Gasteiger partial charge in [-0.1, -0.05) is 15.9 Å². The van der Waals surface area contributed by atoms with Crippen molar-refractivity contribution in [1.82, 2.24) is 0 Å². The molecule has 0 N–H and O–H groups in total. The van der Waals surface area contributed by atoms with Gasteiger partial charge in [0.2, 0.25) is 0 Å². The lowest BCUT2D eigenvalue weighted by molar-refractivity contribution is 0.344. The smallest absolute Gasteiger partial charge is 0.174 e. The van der Waals surface area contributed by atoms with E-state index in [2.05, 4.69) is 31.9 Å². The topological polar surface area (TPSA) is 48.6 Å². The van der Waals surface area contributed by atoms with Gasteiger partial charge in [0.25, 0.3) is 0 Å². The second-order valence-corrected chi connectivity index (χ2v) is 7.02. The first-order valence-corrected chi connectivity index (χ1v) is 8.59. The number of rotatable bonds is 4. The van der Waals surface area contributed by atoms with E-state index in [0.717, 1.165) is 23.2 Å². The SMILES string of the molecule is CCO/C=N/c1cc(Br)cc(N2CCC3(CC2)CC3)c1C#N. The van der Waals surface area contributed by atoms with Gasteiger partial charge in [-0.2, -0.15) is 5.26 Å². The molecule has 1 aliphatic heterocycles. The van der Waals surface area contributed by atoms with E-state index in [1.807, 2.05) is 19.1 Å². The molecule has 0 unspecified atom stereocenters. The molecule has 1 spiro atoms. The molecular weight excluding hydrogens is 342 g/mol.